The van der Waals surface area contributed by atoms with Crippen molar-refractivity contribution in [3.05, 3.63) is 29.6 Å². The predicted molar refractivity (Wildman–Crippen MR) is 74.4 cm³/mol. The quantitative estimate of drug-likeness (QED) is 0.900. The molecule has 3 rings (SSSR count). The number of sulfonamides is 1. The van der Waals surface area contributed by atoms with E-state index in [4.69, 9.17) is 0 Å². The van der Waals surface area contributed by atoms with E-state index in [9.17, 15) is 12.8 Å². The molecule has 2 fully saturated rings. The summed E-state index contributed by atoms with van der Waals surface area (Å²) in [4.78, 5) is -0.194. The molecule has 20 heavy (non-hydrogen) atoms. The molecule has 6 heteroatoms. The minimum absolute atomic E-state index is 0.0490. The Morgan fingerprint density at radius 3 is 2.85 bits per heavy atom. The Kier molecular flexibility index (Phi) is 3.35. The maximum atomic E-state index is 13.9. The van der Waals surface area contributed by atoms with Crippen molar-refractivity contribution < 1.29 is 12.8 Å². The van der Waals surface area contributed by atoms with Gasteiger partial charge in [-0.2, -0.15) is 4.31 Å². The topological polar surface area (TPSA) is 49.4 Å². The molecule has 2 aliphatic heterocycles. The second kappa shape index (κ2) is 4.79. The van der Waals surface area contributed by atoms with E-state index >= 15 is 0 Å². The van der Waals surface area contributed by atoms with Crippen molar-refractivity contribution in [2.45, 2.75) is 24.7 Å². The molecule has 0 radical (unpaired) electrons. The van der Waals surface area contributed by atoms with Crippen molar-refractivity contribution in [3.8, 4) is 0 Å². The van der Waals surface area contributed by atoms with Crippen LogP contribution in [0.4, 0.5) is 4.39 Å². The van der Waals surface area contributed by atoms with Gasteiger partial charge in [-0.15, -0.1) is 0 Å². The van der Waals surface area contributed by atoms with E-state index < -0.39 is 15.8 Å². The smallest absolute Gasteiger partial charge is 0.246 e. The van der Waals surface area contributed by atoms with Crippen LogP contribution in [0.1, 0.15) is 18.4 Å². The van der Waals surface area contributed by atoms with E-state index in [1.807, 2.05) is 0 Å². The summed E-state index contributed by atoms with van der Waals surface area (Å²) in [5.41, 5.74) is 0.800. The van der Waals surface area contributed by atoms with Gasteiger partial charge >= 0.3 is 0 Å². The average Bonchev–Trinajstić information content (AvgIpc) is 3.04. The summed E-state index contributed by atoms with van der Waals surface area (Å²) >= 11 is 0. The van der Waals surface area contributed by atoms with Gasteiger partial charge in [0.1, 0.15) is 10.7 Å². The minimum Gasteiger partial charge on any atom is -0.316 e. The zero-order valence-electron chi connectivity index (χ0n) is 11.5. The van der Waals surface area contributed by atoms with Gasteiger partial charge in [0, 0.05) is 19.6 Å². The number of halogens is 1. The van der Waals surface area contributed by atoms with Crippen LogP contribution in [0.2, 0.25) is 0 Å². The molecule has 0 saturated carbocycles. The van der Waals surface area contributed by atoms with Crippen LogP contribution in [0.25, 0.3) is 0 Å². The summed E-state index contributed by atoms with van der Waals surface area (Å²) in [5, 5.41) is 3.29. The van der Waals surface area contributed by atoms with Crippen molar-refractivity contribution in [1.82, 2.24) is 9.62 Å². The lowest BCUT2D eigenvalue weighted by molar-refractivity contribution is 0.337. The fourth-order valence-corrected chi connectivity index (χ4v) is 4.89. The standard InChI is InChI=1S/C14H19FN2O2S/c1-11-2-3-12(15)13(8-11)20(18,19)17-7-5-14(10-17)4-6-16-9-14/h2-3,8,16H,4-7,9-10H2,1H3. The number of nitrogens with zero attached hydrogens (tertiary/aromatic N) is 1. The van der Waals surface area contributed by atoms with Crippen LogP contribution >= 0.6 is 0 Å². The summed E-state index contributed by atoms with van der Waals surface area (Å²) < 4.78 is 40.5. The second-order valence-corrected chi connectivity index (χ2v) is 7.86. The van der Waals surface area contributed by atoms with Gasteiger partial charge in [-0.1, -0.05) is 6.07 Å². The third-order valence-corrected chi connectivity index (χ3v) is 6.30. The van der Waals surface area contributed by atoms with Crippen molar-refractivity contribution in [1.29, 1.82) is 0 Å². The number of aryl methyl sites for hydroxylation is 1. The molecule has 0 amide bonds. The first-order chi connectivity index (χ1) is 9.43. The maximum absolute atomic E-state index is 13.9. The number of benzene rings is 1. The van der Waals surface area contributed by atoms with E-state index in [-0.39, 0.29) is 10.3 Å². The summed E-state index contributed by atoms with van der Waals surface area (Å²) in [6.45, 7) is 4.54. The monoisotopic (exact) mass is 298 g/mol. The number of rotatable bonds is 2. The highest BCUT2D eigenvalue weighted by Crippen LogP contribution is 2.38. The van der Waals surface area contributed by atoms with Gasteiger partial charge in [0.2, 0.25) is 10.0 Å². The van der Waals surface area contributed by atoms with Crippen LogP contribution < -0.4 is 5.32 Å². The molecule has 2 saturated heterocycles. The lowest BCUT2D eigenvalue weighted by Gasteiger charge is -2.22. The molecule has 0 aromatic heterocycles. The Labute approximate surface area is 119 Å². The van der Waals surface area contributed by atoms with Gasteiger partial charge < -0.3 is 5.32 Å². The van der Waals surface area contributed by atoms with Gasteiger partial charge in [0.15, 0.2) is 0 Å². The molecule has 1 aromatic rings. The lowest BCUT2D eigenvalue weighted by Crippen LogP contribution is -2.33. The molecule has 2 heterocycles. The number of nitrogens with one attached hydrogen (secondary N) is 1. The molecule has 1 spiro atoms. The zero-order valence-corrected chi connectivity index (χ0v) is 12.3. The lowest BCUT2D eigenvalue weighted by atomic mass is 9.87. The molecule has 0 aliphatic carbocycles. The summed E-state index contributed by atoms with van der Waals surface area (Å²) in [5.74, 6) is -0.666. The number of hydrogen-bond donors (Lipinski definition) is 1. The van der Waals surface area contributed by atoms with Crippen LogP contribution in [0.3, 0.4) is 0 Å². The summed E-state index contributed by atoms with van der Waals surface area (Å²) in [7, 11) is -3.72. The van der Waals surface area contributed by atoms with Crippen molar-refractivity contribution in [2.75, 3.05) is 26.2 Å². The fraction of sp³-hybridized carbons (Fsp3) is 0.571. The average molecular weight is 298 g/mol. The van der Waals surface area contributed by atoms with E-state index in [0.29, 0.717) is 13.1 Å². The Balaban J connectivity index is 1.91. The first-order valence-corrected chi connectivity index (χ1v) is 8.34. The van der Waals surface area contributed by atoms with Crippen LogP contribution in [0, 0.1) is 18.2 Å². The normalized spacial score (nSPS) is 27.5. The van der Waals surface area contributed by atoms with Crippen molar-refractivity contribution >= 4 is 10.0 Å². The first-order valence-electron chi connectivity index (χ1n) is 6.90. The van der Waals surface area contributed by atoms with Gasteiger partial charge in [0.25, 0.3) is 0 Å². The SMILES string of the molecule is Cc1ccc(F)c(S(=O)(=O)N2CCC3(CCNC3)C2)c1. The highest BCUT2D eigenvalue weighted by atomic mass is 32.2. The van der Waals surface area contributed by atoms with Crippen LogP contribution in [0.15, 0.2) is 23.1 Å². The highest BCUT2D eigenvalue weighted by molar-refractivity contribution is 7.89. The number of hydrogen-bond acceptors (Lipinski definition) is 3. The molecular weight excluding hydrogens is 279 g/mol. The third kappa shape index (κ3) is 2.25. The van der Waals surface area contributed by atoms with Crippen LogP contribution in [-0.4, -0.2) is 38.9 Å². The van der Waals surface area contributed by atoms with Gasteiger partial charge in [-0.3, -0.25) is 0 Å². The van der Waals surface area contributed by atoms with E-state index in [1.54, 1.807) is 13.0 Å². The molecule has 1 aromatic carbocycles. The van der Waals surface area contributed by atoms with E-state index in [2.05, 4.69) is 5.32 Å². The minimum atomic E-state index is -3.72. The summed E-state index contributed by atoms with van der Waals surface area (Å²) in [6, 6.07) is 4.23. The van der Waals surface area contributed by atoms with Crippen LogP contribution in [0.5, 0.6) is 0 Å². The van der Waals surface area contributed by atoms with E-state index in [0.717, 1.165) is 31.5 Å². The Hall–Kier alpha value is -0.980. The predicted octanol–water partition coefficient (Wildman–Crippen LogP) is 1.51. The van der Waals surface area contributed by atoms with Crippen LogP contribution in [-0.2, 0) is 10.0 Å². The Bertz CT molecular complexity index is 624. The zero-order chi connectivity index (χ0) is 14.4. The molecule has 1 atom stereocenters. The molecule has 110 valence electrons. The Morgan fingerprint density at radius 2 is 2.15 bits per heavy atom. The molecule has 1 unspecified atom stereocenters. The molecule has 2 aliphatic rings. The molecular formula is C14H19FN2O2S. The maximum Gasteiger partial charge on any atom is 0.246 e. The Morgan fingerprint density at radius 1 is 1.35 bits per heavy atom. The van der Waals surface area contributed by atoms with Gasteiger partial charge in [-0.25, -0.2) is 12.8 Å². The van der Waals surface area contributed by atoms with E-state index in [1.165, 1.54) is 16.4 Å². The molecule has 4 nitrogen and oxygen atoms in total. The third-order valence-electron chi connectivity index (χ3n) is 4.44. The fourth-order valence-electron chi connectivity index (χ4n) is 3.19. The summed E-state index contributed by atoms with van der Waals surface area (Å²) in [6.07, 6.45) is 1.85. The second-order valence-electron chi connectivity index (χ2n) is 5.95. The van der Waals surface area contributed by atoms with Gasteiger partial charge in [-0.05, 0) is 49.4 Å². The first kappa shape index (κ1) is 14.0. The molecule has 0 bridgehead atoms. The largest absolute Gasteiger partial charge is 0.316 e. The molecule has 1 N–H and O–H groups in total. The van der Waals surface area contributed by atoms with Crippen molar-refractivity contribution in [3.63, 3.8) is 0 Å². The van der Waals surface area contributed by atoms with Gasteiger partial charge in [0.05, 0.1) is 0 Å². The highest BCUT2D eigenvalue weighted by Gasteiger charge is 2.44. The van der Waals surface area contributed by atoms with Crippen molar-refractivity contribution in [2.24, 2.45) is 5.41 Å².